The normalized spacial score (nSPS) is 13.4. The van der Waals surface area contributed by atoms with E-state index >= 15 is 0 Å². The predicted octanol–water partition coefficient (Wildman–Crippen LogP) is 4.03. The number of hydrogen-bond acceptors (Lipinski definition) is 5. The van der Waals surface area contributed by atoms with Crippen molar-refractivity contribution in [2.24, 2.45) is 0 Å². The monoisotopic (exact) mass is 459 g/mol. The molecule has 0 aliphatic carbocycles. The Balaban J connectivity index is 1.94. The molecule has 2 aromatic carbocycles. The predicted molar refractivity (Wildman–Crippen MR) is 107 cm³/mol. The molecule has 1 aromatic heterocycles. The Morgan fingerprint density at radius 3 is 2.18 bits per heavy atom. The van der Waals surface area contributed by atoms with E-state index in [0.717, 1.165) is 23.5 Å². The van der Waals surface area contributed by atoms with E-state index in [1.54, 1.807) is 11.4 Å². The lowest BCUT2D eigenvalue weighted by atomic mass is 10.1. The van der Waals surface area contributed by atoms with E-state index in [9.17, 15) is 21.2 Å². The zero-order valence-corrected chi connectivity index (χ0v) is 17.5. The number of hydrogen-bond donors (Lipinski definition) is 1. The van der Waals surface area contributed by atoms with Gasteiger partial charge in [0.05, 0.1) is 4.90 Å². The van der Waals surface area contributed by atoms with Gasteiger partial charge in [0.1, 0.15) is 15.3 Å². The van der Waals surface area contributed by atoms with Crippen LogP contribution in [0, 0.1) is 5.82 Å². The van der Waals surface area contributed by atoms with E-state index in [1.165, 1.54) is 42.5 Å². The Morgan fingerprint density at radius 2 is 1.61 bits per heavy atom. The van der Waals surface area contributed by atoms with Crippen LogP contribution >= 0.6 is 22.9 Å². The molecule has 0 aliphatic rings. The highest BCUT2D eigenvalue weighted by Gasteiger charge is 2.31. The Kier molecular flexibility index (Phi) is 6.21. The van der Waals surface area contributed by atoms with E-state index < -0.39 is 37.5 Å². The summed E-state index contributed by atoms with van der Waals surface area (Å²) in [5, 5.41) is 0.782. The summed E-state index contributed by atoms with van der Waals surface area (Å²) in [6.07, 6.45) is 0. The van der Waals surface area contributed by atoms with Crippen LogP contribution in [0.1, 0.15) is 10.8 Å². The van der Waals surface area contributed by atoms with Crippen LogP contribution in [0.3, 0.4) is 0 Å². The average molecular weight is 460 g/mol. The lowest BCUT2D eigenvalue weighted by Gasteiger charge is -2.18. The lowest BCUT2D eigenvalue weighted by Crippen LogP contribution is -2.31. The number of nitrogens with one attached hydrogen (secondary N) is 1. The van der Waals surface area contributed by atoms with Crippen molar-refractivity contribution in [1.82, 2.24) is 4.72 Å². The molecule has 0 saturated heterocycles. The summed E-state index contributed by atoms with van der Waals surface area (Å²) in [5.74, 6) is -0.516. The first-order valence-electron chi connectivity index (χ1n) is 7.98. The number of rotatable bonds is 7. The summed E-state index contributed by atoms with van der Waals surface area (Å²) in [6, 6.07) is 13.5. The molecule has 3 aromatic rings. The highest BCUT2D eigenvalue weighted by molar-refractivity contribution is 7.93. The first kappa shape index (κ1) is 20.9. The molecule has 5 nitrogen and oxygen atoms in total. The fourth-order valence-electron chi connectivity index (χ4n) is 2.53. The topological polar surface area (TPSA) is 80.3 Å². The van der Waals surface area contributed by atoms with E-state index in [4.69, 9.17) is 11.6 Å². The molecule has 0 spiro atoms. The molecule has 28 heavy (non-hydrogen) atoms. The van der Waals surface area contributed by atoms with E-state index in [-0.39, 0.29) is 14.7 Å². The van der Waals surface area contributed by atoms with Crippen LogP contribution in [0.4, 0.5) is 4.39 Å². The second kappa shape index (κ2) is 8.30. The zero-order chi connectivity index (χ0) is 20.4. The second-order valence-corrected chi connectivity index (χ2v) is 11.3. The van der Waals surface area contributed by atoms with Gasteiger partial charge in [0.25, 0.3) is 0 Å². The molecule has 0 radical (unpaired) electrons. The molecule has 0 saturated carbocycles. The molecule has 1 N–H and O–H groups in total. The summed E-state index contributed by atoms with van der Waals surface area (Å²) < 4.78 is 66.9. The van der Waals surface area contributed by atoms with Crippen molar-refractivity contribution in [3.05, 3.63) is 82.4 Å². The summed E-state index contributed by atoms with van der Waals surface area (Å²) in [6.45, 7) is -0.406. The van der Waals surface area contributed by atoms with Gasteiger partial charge in [0, 0.05) is 11.6 Å². The molecule has 1 heterocycles. The minimum Gasteiger partial charge on any atom is -0.222 e. The second-order valence-electron chi connectivity index (χ2n) is 5.82. The van der Waals surface area contributed by atoms with E-state index in [1.807, 2.05) is 0 Å². The Morgan fingerprint density at radius 1 is 0.964 bits per heavy atom. The Hall–Kier alpha value is -1.78. The van der Waals surface area contributed by atoms with Gasteiger partial charge in [-0.2, -0.15) is 0 Å². The molecular weight excluding hydrogens is 445 g/mol. The van der Waals surface area contributed by atoms with Crippen molar-refractivity contribution in [2.45, 2.75) is 14.4 Å². The maximum Gasteiger partial charge on any atom is 0.240 e. The number of sulfone groups is 1. The van der Waals surface area contributed by atoms with E-state index in [0.29, 0.717) is 5.02 Å². The smallest absolute Gasteiger partial charge is 0.222 e. The third-order valence-corrected chi connectivity index (χ3v) is 9.20. The standard InChI is InChI=1S/C18H15ClFNO4S3/c19-14-5-9-16(10-6-14)28(24,25)21-12-17(13-3-7-15(20)8-4-13)27(22,23)18-2-1-11-26-18/h1-11,17,21H,12H2/t17-/m0/s1. The van der Waals surface area contributed by atoms with Gasteiger partial charge in [-0.15, -0.1) is 11.3 Å². The molecule has 0 bridgehead atoms. The molecule has 0 aliphatic heterocycles. The van der Waals surface area contributed by atoms with Crippen LogP contribution in [-0.2, 0) is 19.9 Å². The van der Waals surface area contributed by atoms with Gasteiger partial charge < -0.3 is 0 Å². The van der Waals surface area contributed by atoms with Crippen molar-refractivity contribution < 1.29 is 21.2 Å². The highest BCUT2D eigenvalue weighted by atomic mass is 35.5. The molecule has 3 rings (SSSR count). The fourth-order valence-corrected chi connectivity index (χ4v) is 6.68. The zero-order valence-electron chi connectivity index (χ0n) is 14.2. The summed E-state index contributed by atoms with van der Waals surface area (Å²) in [7, 11) is -7.85. The third kappa shape index (κ3) is 4.61. The average Bonchev–Trinajstić information content (AvgIpc) is 3.19. The summed E-state index contributed by atoms with van der Waals surface area (Å²) in [5.41, 5.74) is 0.286. The van der Waals surface area contributed by atoms with Gasteiger partial charge >= 0.3 is 0 Å². The van der Waals surface area contributed by atoms with Gasteiger partial charge in [0.2, 0.25) is 10.0 Å². The van der Waals surface area contributed by atoms with Gasteiger partial charge in [-0.1, -0.05) is 29.8 Å². The maximum absolute atomic E-state index is 13.3. The quantitative estimate of drug-likeness (QED) is 0.578. The van der Waals surface area contributed by atoms with Crippen molar-refractivity contribution in [3.63, 3.8) is 0 Å². The largest absolute Gasteiger partial charge is 0.240 e. The van der Waals surface area contributed by atoms with Crippen molar-refractivity contribution in [2.75, 3.05) is 6.54 Å². The van der Waals surface area contributed by atoms with Gasteiger partial charge in [-0.3, -0.25) is 0 Å². The maximum atomic E-state index is 13.3. The minimum absolute atomic E-state index is 0.0386. The molecule has 0 amide bonds. The van der Waals surface area contributed by atoms with E-state index in [2.05, 4.69) is 4.72 Å². The molecule has 0 unspecified atom stereocenters. The Bertz CT molecular complexity index is 1140. The molecule has 148 valence electrons. The van der Waals surface area contributed by atoms with Crippen LogP contribution in [0.15, 0.2) is 75.1 Å². The number of sulfonamides is 1. The number of benzene rings is 2. The SMILES string of the molecule is O=S(=O)(NC[C@@H](c1ccc(F)cc1)S(=O)(=O)c1cccs1)c1ccc(Cl)cc1. The summed E-state index contributed by atoms with van der Waals surface area (Å²) >= 11 is 6.81. The minimum atomic E-state index is -3.96. The van der Waals surface area contributed by atoms with Crippen LogP contribution < -0.4 is 4.72 Å². The van der Waals surface area contributed by atoms with Gasteiger partial charge in [0.15, 0.2) is 9.84 Å². The van der Waals surface area contributed by atoms with Gasteiger partial charge in [-0.25, -0.2) is 25.9 Å². The first-order chi connectivity index (χ1) is 13.2. The molecule has 10 heteroatoms. The fraction of sp³-hybridized carbons (Fsp3) is 0.111. The number of thiophene rings is 1. The van der Waals surface area contributed by atoms with Gasteiger partial charge in [-0.05, 0) is 53.4 Å². The van der Waals surface area contributed by atoms with Crippen molar-refractivity contribution >= 4 is 42.8 Å². The molecule has 0 fully saturated rings. The Labute approximate surface area is 171 Å². The lowest BCUT2D eigenvalue weighted by molar-refractivity contribution is 0.569. The third-order valence-electron chi connectivity index (χ3n) is 3.97. The van der Waals surface area contributed by atoms with Crippen molar-refractivity contribution in [3.8, 4) is 0 Å². The molecule has 1 atom stereocenters. The summed E-state index contributed by atoms with van der Waals surface area (Å²) in [4.78, 5) is -0.0386. The first-order valence-corrected chi connectivity index (χ1v) is 12.3. The molecular formula is C18H15ClFNO4S3. The highest BCUT2D eigenvalue weighted by Crippen LogP contribution is 2.31. The van der Waals surface area contributed by atoms with Crippen LogP contribution in [0.2, 0.25) is 5.02 Å². The van der Waals surface area contributed by atoms with Crippen LogP contribution in [-0.4, -0.2) is 23.4 Å². The van der Waals surface area contributed by atoms with Crippen molar-refractivity contribution in [1.29, 1.82) is 0 Å². The number of halogens is 2. The van der Waals surface area contributed by atoms with Crippen LogP contribution in [0.25, 0.3) is 0 Å². The van der Waals surface area contributed by atoms with Crippen LogP contribution in [0.5, 0.6) is 0 Å².